The van der Waals surface area contributed by atoms with Crippen LogP contribution in [0, 0.1) is 6.08 Å². The van der Waals surface area contributed by atoms with Crippen molar-refractivity contribution in [1.82, 2.24) is 15.0 Å². The van der Waals surface area contributed by atoms with E-state index in [1.54, 1.807) is 24.3 Å². The Hall–Kier alpha value is -4.00. The number of hydrogen-bond acceptors (Lipinski definition) is 12. The van der Waals surface area contributed by atoms with Crippen LogP contribution >= 0.6 is 0 Å². The number of aromatic nitrogens is 3. The number of fused-ring (bicyclic) bond motifs is 1. The first kappa shape index (κ1) is 28.6. The molecule has 4 aromatic rings. The number of nitrogens with two attached hydrogens (primary N) is 2. The van der Waals surface area contributed by atoms with Gasteiger partial charge in [0, 0.05) is 17.6 Å². The Bertz CT molecular complexity index is 1690. The van der Waals surface area contributed by atoms with E-state index in [2.05, 4.69) is 25.6 Å². The number of nitrogens with zero attached hydrogens (tertiary/aromatic N) is 3. The summed E-state index contributed by atoms with van der Waals surface area (Å²) in [6.45, 7) is 0.472. The maximum absolute atomic E-state index is 14.1. The van der Waals surface area contributed by atoms with E-state index < -0.39 is 42.1 Å². The third-order valence-corrected chi connectivity index (χ3v) is 6.55. The first-order valence-electron chi connectivity index (χ1n) is 10.5. The van der Waals surface area contributed by atoms with Crippen LogP contribution in [0.4, 0.5) is 33.3 Å². The minimum Gasteiger partial charge on any atom is -0.398 e. The summed E-state index contributed by atoms with van der Waals surface area (Å²) in [4.78, 5) is 9.95. The lowest BCUT2D eigenvalue weighted by atomic mass is 10.1. The molecule has 9 N–H and O–H groups in total. The van der Waals surface area contributed by atoms with Crippen LogP contribution in [0.2, 0.25) is 0 Å². The molecule has 0 aliphatic rings. The molecule has 1 aromatic heterocycles. The van der Waals surface area contributed by atoms with Crippen LogP contribution in [-0.4, -0.2) is 59.2 Å². The summed E-state index contributed by atoms with van der Waals surface area (Å²) in [5.41, 5.74) is 10.2. The second kappa shape index (κ2) is 11.6. The van der Waals surface area contributed by atoms with Gasteiger partial charge in [-0.1, -0.05) is 30.3 Å². The molecule has 38 heavy (non-hydrogen) atoms. The van der Waals surface area contributed by atoms with E-state index in [1.165, 1.54) is 18.2 Å². The number of benzene rings is 3. The molecule has 0 unspecified atom stereocenters. The number of aliphatic hydroxyl groups excluding tert-OH is 1. The summed E-state index contributed by atoms with van der Waals surface area (Å²) in [5.74, 6) is -0.721. The van der Waals surface area contributed by atoms with Crippen LogP contribution in [-0.2, 0) is 20.2 Å². The van der Waals surface area contributed by atoms with Crippen molar-refractivity contribution in [3.63, 3.8) is 0 Å². The van der Waals surface area contributed by atoms with Crippen molar-refractivity contribution < 1.29 is 35.4 Å². The standard InChI is InChI=1S/C19H15FN6O6S2.C2H7NO/c20-17-24-18(22-11-6-8-15(13(21)9-11)33(27,28)29)26-19(25-17)23-14-7-5-10-3-1-2-4-12(10)16(14)34(30,31)32;3-1-2-4/h1-9H,21H2,(H,27,28,29)(H,30,31,32)(H2,22,23,24,25,26);4H,1-3H2. The molecule has 3 aromatic carbocycles. The van der Waals surface area contributed by atoms with Gasteiger partial charge in [0.1, 0.15) is 9.79 Å². The summed E-state index contributed by atoms with van der Waals surface area (Å²) in [7, 11) is -9.23. The quantitative estimate of drug-likeness (QED) is 0.124. The number of nitrogens with one attached hydrogen (secondary N) is 2. The largest absolute Gasteiger partial charge is 0.398 e. The molecular weight excluding hydrogens is 545 g/mol. The van der Waals surface area contributed by atoms with E-state index in [0.29, 0.717) is 11.9 Å². The van der Waals surface area contributed by atoms with Gasteiger partial charge in [-0.3, -0.25) is 9.11 Å². The molecule has 1 heterocycles. The molecule has 0 aliphatic heterocycles. The minimum absolute atomic E-state index is 0.0972. The first-order valence-corrected chi connectivity index (χ1v) is 13.3. The van der Waals surface area contributed by atoms with Gasteiger partial charge in [0.2, 0.25) is 11.9 Å². The van der Waals surface area contributed by atoms with Crippen molar-refractivity contribution in [2.45, 2.75) is 9.79 Å². The number of aliphatic hydroxyl groups is 1. The topological polar surface area (TPSA) is 244 Å². The highest BCUT2D eigenvalue weighted by molar-refractivity contribution is 7.86. The molecule has 0 fully saturated rings. The van der Waals surface area contributed by atoms with E-state index in [4.69, 9.17) is 21.1 Å². The zero-order chi connectivity index (χ0) is 28.1. The zero-order valence-electron chi connectivity index (χ0n) is 19.3. The fourth-order valence-corrected chi connectivity index (χ4v) is 4.65. The van der Waals surface area contributed by atoms with Crippen LogP contribution in [0.3, 0.4) is 0 Å². The monoisotopic (exact) mass is 567 g/mol. The fourth-order valence-electron chi connectivity index (χ4n) is 3.19. The minimum atomic E-state index is -4.70. The number of hydrogen-bond donors (Lipinski definition) is 7. The maximum Gasteiger partial charge on any atom is 0.315 e. The summed E-state index contributed by atoms with van der Waals surface area (Å²) in [5, 5.41) is 13.7. The predicted octanol–water partition coefficient (Wildman–Crippen LogP) is 1.66. The maximum atomic E-state index is 14.1. The van der Waals surface area contributed by atoms with Gasteiger partial charge in [0.15, 0.2) is 0 Å². The number of nitrogen functional groups attached to an aromatic ring is 1. The molecule has 0 aliphatic carbocycles. The normalized spacial score (nSPS) is 11.5. The van der Waals surface area contributed by atoms with Crippen molar-refractivity contribution in [1.29, 1.82) is 0 Å². The van der Waals surface area contributed by atoms with Crippen molar-refractivity contribution >= 4 is 60.0 Å². The fraction of sp³-hybridized carbons (Fsp3) is 0.0952. The molecule has 17 heteroatoms. The van der Waals surface area contributed by atoms with Crippen LogP contribution in [0.15, 0.2) is 64.4 Å². The highest BCUT2D eigenvalue weighted by atomic mass is 32.2. The van der Waals surface area contributed by atoms with Crippen molar-refractivity contribution in [3.8, 4) is 0 Å². The Labute approximate surface area is 216 Å². The third-order valence-electron chi connectivity index (χ3n) is 4.67. The Morgan fingerprint density at radius 3 is 2.08 bits per heavy atom. The summed E-state index contributed by atoms with van der Waals surface area (Å²) < 4.78 is 79.7. The lowest BCUT2D eigenvalue weighted by Gasteiger charge is -2.13. The molecular formula is C21H22FN7O7S2. The van der Waals surface area contributed by atoms with Gasteiger partial charge in [-0.15, -0.1) is 0 Å². The summed E-state index contributed by atoms with van der Waals surface area (Å²) >= 11 is 0. The van der Waals surface area contributed by atoms with Crippen molar-refractivity contribution in [2.24, 2.45) is 5.73 Å². The van der Waals surface area contributed by atoms with E-state index in [0.717, 1.165) is 12.1 Å². The molecule has 4 rings (SSSR count). The van der Waals surface area contributed by atoms with Gasteiger partial charge in [-0.25, -0.2) is 0 Å². The van der Waals surface area contributed by atoms with Gasteiger partial charge in [-0.05, 0) is 29.7 Å². The highest BCUT2D eigenvalue weighted by Gasteiger charge is 2.21. The molecule has 0 atom stereocenters. The zero-order valence-corrected chi connectivity index (χ0v) is 20.9. The molecule has 202 valence electrons. The molecule has 0 saturated heterocycles. The molecule has 0 bridgehead atoms. The Balaban J connectivity index is 0.000000934. The van der Waals surface area contributed by atoms with Crippen LogP contribution in [0.5, 0.6) is 0 Å². The lowest BCUT2D eigenvalue weighted by Crippen LogP contribution is -2.09. The Morgan fingerprint density at radius 1 is 0.868 bits per heavy atom. The van der Waals surface area contributed by atoms with E-state index in [9.17, 15) is 25.8 Å². The van der Waals surface area contributed by atoms with E-state index >= 15 is 0 Å². The van der Waals surface area contributed by atoms with Crippen molar-refractivity contribution in [3.05, 3.63) is 60.7 Å². The molecule has 14 nitrogen and oxygen atoms in total. The second-order valence-electron chi connectivity index (χ2n) is 7.38. The summed E-state index contributed by atoms with van der Waals surface area (Å²) in [6, 6.07) is 12.8. The van der Waals surface area contributed by atoms with Gasteiger partial charge in [0.05, 0.1) is 18.0 Å². The molecule has 0 radical (unpaired) electrons. The smallest absolute Gasteiger partial charge is 0.315 e. The second-order valence-corrected chi connectivity index (χ2v) is 10.1. The average Bonchev–Trinajstić information content (AvgIpc) is 2.82. The van der Waals surface area contributed by atoms with Gasteiger partial charge >= 0.3 is 6.08 Å². The average molecular weight is 568 g/mol. The molecule has 0 saturated carbocycles. The van der Waals surface area contributed by atoms with Crippen LogP contribution in [0.25, 0.3) is 10.8 Å². The van der Waals surface area contributed by atoms with Gasteiger partial charge < -0.3 is 27.2 Å². The van der Waals surface area contributed by atoms with Gasteiger partial charge in [0.25, 0.3) is 20.2 Å². The van der Waals surface area contributed by atoms with E-state index in [-0.39, 0.29) is 35.0 Å². The number of anilines is 5. The van der Waals surface area contributed by atoms with Crippen molar-refractivity contribution in [2.75, 3.05) is 29.5 Å². The summed E-state index contributed by atoms with van der Waals surface area (Å²) in [6.07, 6.45) is -1.23. The first-order chi connectivity index (χ1) is 17.8. The van der Waals surface area contributed by atoms with Crippen LogP contribution in [0.1, 0.15) is 0 Å². The van der Waals surface area contributed by atoms with Gasteiger partial charge in [-0.2, -0.15) is 36.2 Å². The molecule has 0 spiro atoms. The predicted molar refractivity (Wildman–Crippen MR) is 137 cm³/mol. The Morgan fingerprint density at radius 2 is 1.50 bits per heavy atom. The number of rotatable bonds is 7. The molecule has 0 amide bonds. The SMILES string of the molecule is NCCO.Nc1cc(Nc2nc(F)nc(Nc3ccc4ccccc4c3S(=O)(=O)O)n2)ccc1S(=O)(=O)O. The Kier molecular flexibility index (Phi) is 8.71. The van der Waals surface area contributed by atoms with E-state index in [1.807, 2.05) is 0 Å². The lowest BCUT2D eigenvalue weighted by molar-refractivity contribution is 0.306. The third kappa shape index (κ3) is 7.06. The number of halogens is 1. The van der Waals surface area contributed by atoms with Crippen LogP contribution < -0.4 is 22.1 Å². The highest BCUT2D eigenvalue weighted by Crippen LogP contribution is 2.32.